The predicted octanol–water partition coefficient (Wildman–Crippen LogP) is 3.26. The largest absolute Gasteiger partial charge is 0.416 e. The molecular formula is C20H16F3N7OS. The summed E-state index contributed by atoms with van der Waals surface area (Å²) in [4.78, 5) is 21.2. The molecule has 32 heavy (non-hydrogen) atoms. The van der Waals surface area contributed by atoms with Gasteiger partial charge in [-0.3, -0.25) is 9.78 Å². The van der Waals surface area contributed by atoms with Crippen LogP contribution in [0.5, 0.6) is 0 Å². The van der Waals surface area contributed by atoms with E-state index in [4.69, 9.17) is 5.73 Å². The molecule has 1 aromatic carbocycles. The van der Waals surface area contributed by atoms with Gasteiger partial charge in [0, 0.05) is 12.4 Å². The molecule has 0 unspecified atom stereocenters. The van der Waals surface area contributed by atoms with E-state index in [2.05, 4.69) is 25.4 Å². The van der Waals surface area contributed by atoms with Crippen LogP contribution >= 0.6 is 11.3 Å². The molecule has 2 N–H and O–H groups in total. The van der Waals surface area contributed by atoms with E-state index in [1.165, 1.54) is 23.1 Å². The van der Waals surface area contributed by atoms with Crippen molar-refractivity contribution in [2.75, 3.05) is 0 Å². The first kappa shape index (κ1) is 21.6. The average Bonchev–Trinajstić information content (AvgIpc) is 3.34. The first-order valence-corrected chi connectivity index (χ1v) is 10.2. The number of benzene rings is 1. The third-order valence-corrected chi connectivity index (χ3v) is 5.75. The average molecular weight is 459 g/mol. The molecule has 0 aliphatic heterocycles. The fourth-order valence-corrected chi connectivity index (χ4v) is 4.01. The molecule has 1 amide bonds. The lowest BCUT2D eigenvalue weighted by molar-refractivity contribution is -0.138. The van der Waals surface area contributed by atoms with Crippen LogP contribution in [0.15, 0.2) is 42.7 Å². The van der Waals surface area contributed by atoms with E-state index < -0.39 is 17.6 Å². The van der Waals surface area contributed by atoms with E-state index in [1.807, 2.05) is 0 Å². The molecule has 0 spiro atoms. The van der Waals surface area contributed by atoms with Crippen LogP contribution in [0.25, 0.3) is 10.8 Å². The SMILES string of the molecule is Cc1nc(-c2nnn(Cc3ccc(C(F)(F)F)c(Cc4cccnc4)c3)n2)sc1C(N)=O. The van der Waals surface area contributed by atoms with Crippen LogP contribution in [0.4, 0.5) is 13.2 Å². The summed E-state index contributed by atoms with van der Waals surface area (Å²) in [5, 5.41) is 12.5. The van der Waals surface area contributed by atoms with Gasteiger partial charge in [-0.1, -0.05) is 18.2 Å². The summed E-state index contributed by atoms with van der Waals surface area (Å²) in [6.07, 6.45) is -1.29. The fraction of sp³-hybridized carbons (Fsp3) is 0.200. The molecule has 12 heteroatoms. The molecule has 0 aliphatic carbocycles. The molecule has 3 heterocycles. The second kappa shape index (κ2) is 8.46. The smallest absolute Gasteiger partial charge is 0.365 e. The topological polar surface area (TPSA) is 112 Å². The Bertz CT molecular complexity index is 1270. The van der Waals surface area contributed by atoms with E-state index >= 15 is 0 Å². The second-order valence-corrected chi connectivity index (χ2v) is 7.97. The lowest BCUT2D eigenvalue weighted by Gasteiger charge is -2.14. The van der Waals surface area contributed by atoms with Crippen molar-refractivity contribution in [3.8, 4) is 10.8 Å². The Hall–Kier alpha value is -3.67. The number of rotatable bonds is 6. The van der Waals surface area contributed by atoms with Crippen LogP contribution in [-0.4, -0.2) is 36.1 Å². The summed E-state index contributed by atoms with van der Waals surface area (Å²) in [5.74, 6) is -0.391. The highest BCUT2D eigenvalue weighted by atomic mass is 32.1. The van der Waals surface area contributed by atoms with Crippen LogP contribution in [0.3, 0.4) is 0 Å². The summed E-state index contributed by atoms with van der Waals surface area (Å²) in [7, 11) is 0. The van der Waals surface area contributed by atoms with Crippen molar-refractivity contribution < 1.29 is 18.0 Å². The molecular weight excluding hydrogens is 443 g/mol. The zero-order chi connectivity index (χ0) is 22.9. The summed E-state index contributed by atoms with van der Waals surface area (Å²) >= 11 is 1.05. The molecule has 0 saturated carbocycles. The number of halogens is 3. The number of nitrogens with zero attached hydrogens (tertiary/aromatic N) is 6. The summed E-state index contributed by atoms with van der Waals surface area (Å²) in [6.45, 7) is 1.76. The molecule has 0 atom stereocenters. The van der Waals surface area contributed by atoms with Gasteiger partial charge in [0.25, 0.3) is 5.91 Å². The van der Waals surface area contributed by atoms with Crippen LogP contribution < -0.4 is 5.73 Å². The highest BCUT2D eigenvalue weighted by molar-refractivity contribution is 7.17. The number of amides is 1. The Labute approximate surface area is 183 Å². The molecule has 164 valence electrons. The monoisotopic (exact) mass is 459 g/mol. The first-order valence-electron chi connectivity index (χ1n) is 9.34. The number of hydrogen-bond donors (Lipinski definition) is 1. The van der Waals surface area contributed by atoms with Gasteiger partial charge in [0.1, 0.15) is 4.88 Å². The zero-order valence-corrected chi connectivity index (χ0v) is 17.5. The van der Waals surface area contributed by atoms with E-state index in [-0.39, 0.29) is 24.4 Å². The summed E-state index contributed by atoms with van der Waals surface area (Å²) in [5.41, 5.74) is 6.46. The van der Waals surface area contributed by atoms with Crippen molar-refractivity contribution in [2.45, 2.75) is 26.1 Å². The Balaban J connectivity index is 1.60. The fourth-order valence-electron chi connectivity index (χ4n) is 3.17. The molecule has 8 nitrogen and oxygen atoms in total. The molecule has 0 aliphatic rings. The Morgan fingerprint density at radius 1 is 1.22 bits per heavy atom. The van der Waals surface area contributed by atoms with Crippen LogP contribution in [0.2, 0.25) is 0 Å². The number of thiazole rings is 1. The van der Waals surface area contributed by atoms with Gasteiger partial charge >= 0.3 is 6.18 Å². The molecule has 0 radical (unpaired) electrons. The molecule has 0 bridgehead atoms. The molecule has 0 saturated heterocycles. The van der Waals surface area contributed by atoms with Crippen LogP contribution in [-0.2, 0) is 19.1 Å². The minimum Gasteiger partial charge on any atom is -0.365 e. The van der Waals surface area contributed by atoms with E-state index in [0.29, 0.717) is 26.7 Å². The minimum atomic E-state index is -4.48. The number of nitrogens with two attached hydrogens (primary N) is 1. The third-order valence-electron chi connectivity index (χ3n) is 4.58. The molecule has 4 aromatic rings. The number of tetrazole rings is 1. The van der Waals surface area contributed by atoms with E-state index in [9.17, 15) is 18.0 Å². The maximum atomic E-state index is 13.5. The maximum Gasteiger partial charge on any atom is 0.416 e. The standard InChI is InChI=1S/C20H16F3N7OS/c1-11-16(17(24)31)32-19(26-11)18-27-29-30(28-18)10-13-4-5-15(20(21,22)23)14(8-13)7-12-3-2-6-25-9-12/h2-6,8-9H,7,10H2,1H3,(H2,24,31). The molecule has 3 aromatic heterocycles. The number of primary amides is 1. The quantitative estimate of drug-likeness (QED) is 0.474. The number of aryl methyl sites for hydroxylation is 1. The normalized spacial score (nSPS) is 11.6. The molecule has 0 fully saturated rings. The Kier molecular flexibility index (Phi) is 5.70. The van der Waals surface area contributed by atoms with Gasteiger partial charge in [-0.15, -0.1) is 21.5 Å². The number of aromatic nitrogens is 6. The van der Waals surface area contributed by atoms with E-state index in [0.717, 1.165) is 17.4 Å². The van der Waals surface area contributed by atoms with Gasteiger partial charge in [0.15, 0.2) is 5.01 Å². The van der Waals surface area contributed by atoms with Crippen LogP contribution in [0, 0.1) is 6.92 Å². The van der Waals surface area contributed by atoms with Crippen molar-refractivity contribution in [2.24, 2.45) is 5.73 Å². The number of alkyl halides is 3. The number of hydrogen-bond acceptors (Lipinski definition) is 7. The lowest BCUT2D eigenvalue weighted by Crippen LogP contribution is -2.11. The minimum absolute atomic E-state index is 0.0842. The van der Waals surface area contributed by atoms with Gasteiger partial charge in [0.05, 0.1) is 17.8 Å². The first-order chi connectivity index (χ1) is 15.2. The van der Waals surface area contributed by atoms with Gasteiger partial charge in [0.2, 0.25) is 5.82 Å². The highest BCUT2D eigenvalue weighted by Gasteiger charge is 2.33. The number of pyridine rings is 1. The summed E-state index contributed by atoms with van der Waals surface area (Å²) in [6, 6.07) is 7.33. The van der Waals surface area contributed by atoms with Gasteiger partial charge in [-0.25, -0.2) is 4.98 Å². The summed E-state index contributed by atoms with van der Waals surface area (Å²) < 4.78 is 40.5. The van der Waals surface area contributed by atoms with Crippen molar-refractivity contribution in [1.82, 2.24) is 30.2 Å². The van der Waals surface area contributed by atoms with Crippen molar-refractivity contribution in [3.63, 3.8) is 0 Å². The third kappa shape index (κ3) is 4.64. The highest BCUT2D eigenvalue weighted by Crippen LogP contribution is 2.33. The zero-order valence-electron chi connectivity index (χ0n) is 16.7. The predicted molar refractivity (Wildman–Crippen MR) is 110 cm³/mol. The van der Waals surface area contributed by atoms with E-state index in [1.54, 1.807) is 25.3 Å². The Morgan fingerprint density at radius 3 is 2.69 bits per heavy atom. The van der Waals surface area contributed by atoms with Crippen LogP contribution in [0.1, 0.15) is 37.6 Å². The van der Waals surface area contributed by atoms with Gasteiger partial charge in [-0.05, 0) is 47.4 Å². The Morgan fingerprint density at radius 2 is 2.03 bits per heavy atom. The maximum absolute atomic E-state index is 13.5. The lowest BCUT2D eigenvalue weighted by atomic mass is 9.98. The second-order valence-electron chi connectivity index (χ2n) is 6.97. The van der Waals surface area contributed by atoms with Crippen molar-refractivity contribution in [1.29, 1.82) is 0 Å². The number of carbonyl (C=O) groups is 1. The van der Waals surface area contributed by atoms with Crippen molar-refractivity contribution in [3.05, 3.63) is 75.6 Å². The van der Waals surface area contributed by atoms with Gasteiger partial charge in [-0.2, -0.15) is 18.0 Å². The number of carbonyl (C=O) groups excluding carboxylic acids is 1. The molecule has 4 rings (SSSR count). The van der Waals surface area contributed by atoms with Gasteiger partial charge < -0.3 is 5.73 Å². The van der Waals surface area contributed by atoms with Crippen molar-refractivity contribution >= 4 is 17.2 Å².